The van der Waals surface area contributed by atoms with Crippen LogP contribution in [0.25, 0.3) is 0 Å². The highest BCUT2D eigenvalue weighted by Gasteiger charge is 2.28. The molecule has 0 radical (unpaired) electrons. The minimum atomic E-state index is 0.0166. The molecule has 3 atom stereocenters. The Balaban J connectivity index is 1.66. The van der Waals surface area contributed by atoms with Gasteiger partial charge < -0.3 is 15.4 Å². The van der Waals surface area contributed by atoms with E-state index >= 15 is 0 Å². The number of rotatable bonds is 6. The van der Waals surface area contributed by atoms with Crippen molar-refractivity contribution in [2.75, 3.05) is 17.2 Å². The quantitative estimate of drug-likeness (QED) is 0.814. The van der Waals surface area contributed by atoms with Gasteiger partial charge in [-0.05, 0) is 38.7 Å². The second-order valence-corrected chi connectivity index (χ2v) is 7.98. The van der Waals surface area contributed by atoms with Crippen LogP contribution in [0.3, 0.4) is 0 Å². The van der Waals surface area contributed by atoms with Gasteiger partial charge >= 0.3 is 0 Å². The zero-order chi connectivity index (χ0) is 17.8. The fourth-order valence-corrected chi connectivity index (χ4v) is 3.76. The second-order valence-electron chi connectivity index (χ2n) is 6.76. The Morgan fingerprint density at radius 3 is 2.84 bits per heavy atom. The van der Waals surface area contributed by atoms with Crippen molar-refractivity contribution in [2.24, 2.45) is 5.92 Å². The normalized spacial score (nSPS) is 22.0. The first-order valence-electron chi connectivity index (χ1n) is 8.80. The Labute approximate surface area is 152 Å². The zero-order valence-corrected chi connectivity index (χ0v) is 16.0. The Hall–Kier alpha value is -1.80. The molecule has 2 aromatic rings. The summed E-state index contributed by atoms with van der Waals surface area (Å²) in [6.45, 7) is 9.22. The smallest absolute Gasteiger partial charge is 0.225 e. The van der Waals surface area contributed by atoms with Crippen molar-refractivity contribution in [3.8, 4) is 0 Å². The molecule has 1 saturated heterocycles. The Bertz CT molecular complexity index is 691. The van der Waals surface area contributed by atoms with Gasteiger partial charge in [0.1, 0.15) is 15.8 Å². The van der Waals surface area contributed by atoms with E-state index in [0.717, 1.165) is 35.3 Å². The minimum Gasteiger partial charge on any atom is -0.376 e. The van der Waals surface area contributed by atoms with E-state index in [0.29, 0.717) is 11.9 Å². The number of nitrogens with zero attached hydrogens (tertiary/aromatic N) is 4. The van der Waals surface area contributed by atoms with E-state index in [1.807, 2.05) is 19.9 Å². The van der Waals surface area contributed by atoms with Crippen LogP contribution in [0.4, 0.5) is 11.8 Å². The second kappa shape index (κ2) is 8.05. The number of ether oxygens (including phenoxy) is 1. The summed E-state index contributed by atoms with van der Waals surface area (Å²) in [4.78, 5) is 8.92. The molecule has 2 aromatic heterocycles. The first kappa shape index (κ1) is 18.0. The molecule has 8 heteroatoms. The lowest BCUT2D eigenvalue weighted by Gasteiger charge is -2.35. The van der Waals surface area contributed by atoms with Gasteiger partial charge in [0.05, 0.1) is 18.2 Å². The van der Waals surface area contributed by atoms with Crippen LogP contribution >= 0.6 is 11.3 Å². The highest BCUT2D eigenvalue weighted by Crippen LogP contribution is 2.24. The summed E-state index contributed by atoms with van der Waals surface area (Å²) in [6.07, 6.45) is 4.15. The van der Waals surface area contributed by atoms with Crippen LogP contribution in [0.5, 0.6) is 0 Å². The van der Waals surface area contributed by atoms with Gasteiger partial charge in [-0.2, -0.15) is 4.98 Å². The van der Waals surface area contributed by atoms with Crippen LogP contribution in [-0.4, -0.2) is 38.9 Å². The molecule has 0 unspecified atom stereocenters. The van der Waals surface area contributed by atoms with Crippen molar-refractivity contribution in [3.05, 3.63) is 22.3 Å². The fourth-order valence-electron chi connectivity index (χ4n) is 3.06. The first-order valence-corrected chi connectivity index (χ1v) is 9.62. The summed E-state index contributed by atoms with van der Waals surface area (Å²) in [5, 5.41) is 16.9. The molecule has 0 spiro atoms. The molecule has 0 amide bonds. The van der Waals surface area contributed by atoms with Crippen LogP contribution in [0.2, 0.25) is 0 Å². The molecule has 0 bridgehead atoms. The molecule has 136 valence electrons. The lowest BCUT2D eigenvalue weighted by atomic mass is 9.94. The van der Waals surface area contributed by atoms with Gasteiger partial charge in [0.2, 0.25) is 5.95 Å². The van der Waals surface area contributed by atoms with Gasteiger partial charge in [0.25, 0.3) is 0 Å². The lowest BCUT2D eigenvalue weighted by Crippen LogP contribution is -2.43. The van der Waals surface area contributed by atoms with Crippen LogP contribution in [0.15, 0.2) is 12.3 Å². The molecule has 0 aliphatic carbocycles. The maximum absolute atomic E-state index is 5.94. The molecule has 1 fully saturated rings. The van der Waals surface area contributed by atoms with E-state index < -0.39 is 0 Å². The number of aromatic nitrogens is 4. The van der Waals surface area contributed by atoms with Crippen molar-refractivity contribution in [3.63, 3.8) is 0 Å². The number of aryl methyl sites for hydroxylation is 1. The summed E-state index contributed by atoms with van der Waals surface area (Å²) in [7, 11) is 0. The van der Waals surface area contributed by atoms with Gasteiger partial charge in [0.15, 0.2) is 0 Å². The summed E-state index contributed by atoms with van der Waals surface area (Å²) in [6, 6.07) is 2.19. The molecule has 2 N–H and O–H groups in total. The van der Waals surface area contributed by atoms with Gasteiger partial charge in [-0.25, -0.2) is 4.98 Å². The SMILES string of the molecule is Cc1nnc([C@H](C)Nc2nccc(N[C@@H]3CCCO[C@H]3C(C)C)n2)s1. The summed E-state index contributed by atoms with van der Waals surface area (Å²) >= 11 is 1.58. The van der Waals surface area contributed by atoms with Crippen molar-refractivity contribution in [2.45, 2.75) is 58.7 Å². The molecule has 1 aliphatic heterocycles. The number of anilines is 2. The Morgan fingerprint density at radius 1 is 1.28 bits per heavy atom. The predicted molar refractivity (Wildman–Crippen MR) is 99.9 cm³/mol. The zero-order valence-electron chi connectivity index (χ0n) is 15.2. The van der Waals surface area contributed by atoms with E-state index in [2.05, 4.69) is 44.6 Å². The van der Waals surface area contributed by atoms with E-state index in [4.69, 9.17) is 4.74 Å². The van der Waals surface area contributed by atoms with Crippen molar-refractivity contribution in [1.82, 2.24) is 20.2 Å². The summed E-state index contributed by atoms with van der Waals surface area (Å²) in [5.74, 6) is 1.88. The van der Waals surface area contributed by atoms with Crippen molar-refractivity contribution in [1.29, 1.82) is 0 Å². The Kier molecular flexibility index (Phi) is 5.80. The summed E-state index contributed by atoms with van der Waals surface area (Å²) in [5.41, 5.74) is 0. The van der Waals surface area contributed by atoms with Gasteiger partial charge in [0, 0.05) is 12.8 Å². The van der Waals surface area contributed by atoms with Gasteiger partial charge in [-0.1, -0.05) is 25.2 Å². The highest BCUT2D eigenvalue weighted by molar-refractivity contribution is 7.11. The Morgan fingerprint density at radius 2 is 2.12 bits per heavy atom. The molecular weight excluding hydrogens is 336 g/mol. The third-order valence-corrected chi connectivity index (χ3v) is 5.29. The standard InChI is InChI=1S/C17H26N6OS/c1-10(2)15-13(6-5-9-24-15)20-14-7-8-18-17(21-14)19-11(3)16-23-22-12(4)25-16/h7-8,10-11,13,15H,5-6,9H2,1-4H3,(H2,18,19,20,21)/t11-,13+,15-/m0/s1. The van der Waals surface area contributed by atoms with Crippen LogP contribution in [0.1, 0.15) is 49.7 Å². The third-order valence-electron chi connectivity index (χ3n) is 4.27. The van der Waals surface area contributed by atoms with Crippen LogP contribution in [0, 0.1) is 12.8 Å². The third kappa shape index (κ3) is 4.64. The van der Waals surface area contributed by atoms with Gasteiger partial charge in [-0.15, -0.1) is 10.2 Å². The van der Waals surface area contributed by atoms with E-state index in [9.17, 15) is 0 Å². The minimum absolute atomic E-state index is 0.0166. The molecule has 3 heterocycles. The average molecular weight is 363 g/mol. The molecule has 25 heavy (non-hydrogen) atoms. The molecule has 7 nitrogen and oxygen atoms in total. The lowest BCUT2D eigenvalue weighted by molar-refractivity contribution is -0.0203. The molecule has 0 aromatic carbocycles. The highest BCUT2D eigenvalue weighted by atomic mass is 32.1. The van der Waals surface area contributed by atoms with E-state index in [1.165, 1.54) is 0 Å². The number of nitrogens with one attached hydrogen (secondary N) is 2. The fraction of sp³-hybridized carbons (Fsp3) is 0.647. The molecule has 1 aliphatic rings. The first-order chi connectivity index (χ1) is 12.0. The maximum atomic E-state index is 5.94. The topological polar surface area (TPSA) is 84.9 Å². The number of hydrogen-bond donors (Lipinski definition) is 2. The summed E-state index contributed by atoms with van der Waals surface area (Å²) < 4.78 is 5.94. The average Bonchev–Trinajstić information content (AvgIpc) is 3.02. The monoisotopic (exact) mass is 362 g/mol. The predicted octanol–water partition coefficient (Wildman–Crippen LogP) is 3.43. The van der Waals surface area contributed by atoms with Crippen molar-refractivity contribution < 1.29 is 4.74 Å². The van der Waals surface area contributed by atoms with Crippen LogP contribution in [-0.2, 0) is 4.74 Å². The molecular formula is C17H26N6OS. The number of hydrogen-bond acceptors (Lipinski definition) is 8. The maximum Gasteiger partial charge on any atom is 0.225 e. The molecule has 3 rings (SSSR count). The van der Waals surface area contributed by atoms with E-state index in [-0.39, 0.29) is 18.2 Å². The molecule has 0 saturated carbocycles. The van der Waals surface area contributed by atoms with Crippen LogP contribution < -0.4 is 10.6 Å². The van der Waals surface area contributed by atoms with Crippen molar-refractivity contribution >= 4 is 23.1 Å². The van der Waals surface area contributed by atoms with Gasteiger partial charge in [-0.3, -0.25) is 0 Å². The van der Waals surface area contributed by atoms with E-state index in [1.54, 1.807) is 17.5 Å². The largest absolute Gasteiger partial charge is 0.376 e.